The Balaban J connectivity index is 1.21. The summed E-state index contributed by atoms with van der Waals surface area (Å²) in [6.07, 6.45) is 3.06. The molecule has 1 fully saturated rings. The van der Waals surface area contributed by atoms with Gasteiger partial charge in [-0.05, 0) is 78.9 Å². The van der Waals surface area contributed by atoms with Crippen molar-refractivity contribution >= 4 is 39.8 Å². The first kappa shape index (κ1) is 28.7. The van der Waals surface area contributed by atoms with Gasteiger partial charge in [0.15, 0.2) is 17.3 Å². The van der Waals surface area contributed by atoms with Crippen molar-refractivity contribution in [3.63, 3.8) is 0 Å². The Morgan fingerprint density at radius 2 is 1.76 bits per heavy atom. The second-order valence-electron chi connectivity index (χ2n) is 9.66. The standard InChI is InChI=1S/C29H29F3N4O4S/c1-2-38-24-17-18(16-22-25(33)36-28(34-26(22)37)41-27(35-36)29(30,31)32)8-13-23(24)40-15-14-39-21-11-9-20(10-12-21)19-6-4-3-5-7-19/h8-13,16-17,19,33H,2-7,14-15H2,1H3. The molecular formula is C29H29F3N4O4S. The van der Waals surface area contributed by atoms with Crippen molar-refractivity contribution in [3.8, 4) is 17.2 Å². The van der Waals surface area contributed by atoms with Gasteiger partial charge in [-0.1, -0.05) is 37.5 Å². The van der Waals surface area contributed by atoms with Crippen molar-refractivity contribution in [3.05, 3.63) is 59.2 Å². The smallest absolute Gasteiger partial charge is 0.441 e. The maximum atomic E-state index is 13.1. The summed E-state index contributed by atoms with van der Waals surface area (Å²) in [5.74, 6) is 0.966. The fraction of sp³-hybridized carbons (Fsp3) is 0.379. The van der Waals surface area contributed by atoms with Crippen molar-refractivity contribution in [2.24, 2.45) is 10.1 Å². The molecular weight excluding hydrogens is 557 g/mol. The van der Waals surface area contributed by atoms with E-state index in [1.807, 2.05) is 19.1 Å². The van der Waals surface area contributed by atoms with Crippen LogP contribution in [-0.4, -0.2) is 53.0 Å². The minimum absolute atomic E-state index is 0.194. The average Bonchev–Trinajstić information content (AvgIpc) is 3.40. The average molecular weight is 587 g/mol. The predicted molar refractivity (Wildman–Crippen MR) is 152 cm³/mol. The van der Waals surface area contributed by atoms with E-state index in [4.69, 9.17) is 19.6 Å². The van der Waals surface area contributed by atoms with Gasteiger partial charge in [0.25, 0.3) is 5.91 Å². The first-order chi connectivity index (χ1) is 19.7. The monoisotopic (exact) mass is 586 g/mol. The van der Waals surface area contributed by atoms with Crippen LogP contribution in [0.4, 0.5) is 13.2 Å². The van der Waals surface area contributed by atoms with Crippen LogP contribution in [0.5, 0.6) is 17.2 Å². The fourth-order valence-electron chi connectivity index (χ4n) is 4.86. The van der Waals surface area contributed by atoms with Gasteiger partial charge in [0.2, 0.25) is 10.2 Å². The van der Waals surface area contributed by atoms with Gasteiger partial charge in [0.1, 0.15) is 19.0 Å². The second kappa shape index (κ2) is 12.4. The predicted octanol–water partition coefficient (Wildman–Crippen LogP) is 6.77. The van der Waals surface area contributed by atoms with Gasteiger partial charge < -0.3 is 14.2 Å². The lowest BCUT2D eigenvalue weighted by atomic mass is 9.84. The summed E-state index contributed by atoms with van der Waals surface area (Å²) in [5, 5.41) is 10.9. The van der Waals surface area contributed by atoms with Crippen LogP contribution >= 0.6 is 11.8 Å². The zero-order chi connectivity index (χ0) is 29.0. The molecule has 41 heavy (non-hydrogen) atoms. The van der Waals surface area contributed by atoms with Crippen LogP contribution in [0.2, 0.25) is 0 Å². The molecule has 8 nitrogen and oxygen atoms in total. The Kier molecular flexibility index (Phi) is 8.67. The van der Waals surface area contributed by atoms with Crippen LogP contribution in [0.1, 0.15) is 56.1 Å². The number of hydrazone groups is 1. The Labute approximate surface area is 239 Å². The zero-order valence-electron chi connectivity index (χ0n) is 22.4. The molecule has 5 rings (SSSR count). The summed E-state index contributed by atoms with van der Waals surface area (Å²) in [4.78, 5) is 16.2. The van der Waals surface area contributed by atoms with E-state index in [0.717, 1.165) is 5.75 Å². The summed E-state index contributed by atoms with van der Waals surface area (Å²) < 4.78 is 56.6. The number of ether oxygens (including phenoxy) is 3. The largest absolute Gasteiger partial charge is 0.490 e. The molecule has 0 aromatic heterocycles. The SMILES string of the molecule is CCOc1cc(C=C2C(=N)N3N=C(C(F)(F)F)SC3=NC2=O)ccc1OCCOc1ccc(C2CCCCC2)cc1. The number of alkyl halides is 3. The molecule has 0 unspecified atom stereocenters. The zero-order valence-corrected chi connectivity index (χ0v) is 23.2. The second-order valence-corrected chi connectivity index (χ2v) is 10.6. The molecule has 2 heterocycles. The number of nitrogens with one attached hydrogen (secondary N) is 1. The van der Waals surface area contributed by atoms with Crippen molar-refractivity contribution in [1.82, 2.24) is 5.01 Å². The summed E-state index contributed by atoms with van der Waals surface area (Å²) in [5.41, 5.74) is 1.65. The van der Waals surface area contributed by atoms with E-state index in [0.29, 0.717) is 41.2 Å². The van der Waals surface area contributed by atoms with Gasteiger partial charge in [0.05, 0.1) is 12.2 Å². The molecule has 1 N–H and O–H groups in total. The number of fused-ring (bicyclic) bond motifs is 1. The highest BCUT2D eigenvalue weighted by atomic mass is 32.2. The normalized spacial score (nSPS) is 18.7. The molecule has 1 aliphatic carbocycles. The highest BCUT2D eigenvalue weighted by Crippen LogP contribution is 2.36. The Bertz CT molecular complexity index is 1400. The Morgan fingerprint density at radius 3 is 2.46 bits per heavy atom. The van der Waals surface area contributed by atoms with E-state index >= 15 is 0 Å². The number of amidine groups is 2. The van der Waals surface area contributed by atoms with Crippen LogP contribution in [0, 0.1) is 5.41 Å². The maximum Gasteiger partial charge on any atom is 0.441 e. The van der Waals surface area contributed by atoms with E-state index in [-0.39, 0.29) is 29.1 Å². The lowest BCUT2D eigenvalue weighted by molar-refractivity contribution is -0.114. The quantitative estimate of drug-likeness (QED) is 0.257. The minimum atomic E-state index is -4.70. The van der Waals surface area contributed by atoms with Crippen molar-refractivity contribution in [1.29, 1.82) is 5.41 Å². The number of thioether (sulfide) groups is 1. The van der Waals surface area contributed by atoms with Gasteiger partial charge >= 0.3 is 6.18 Å². The van der Waals surface area contributed by atoms with Gasteiger partial charge in [-0.15, -0.1) is 0 Å². The third-order valence-electron chi connectivity index (χ3n) is 6.84. The summed E-state index contributed by atoms with van der Waals surface area (Å²) >= 11 is 0.208. The number of hydrogen-bond acceptors (Lipinski definition) is 7. The molecule has 1 amide bonds. The van der Waals surface area contributed by atoms with Crippen molar-refractivity contribution < 1.29 is 32.2 Å². The van der Waals surface area contributed by atoms with E-state index in [2.05, 4.69) is 22.2 Å². The van der Waals surface area contributed by atoms with Gasteiger partial charge in [-0.2, -0.15) is 28.3 Å². The lowest BCUT2D eigenvalue weighted by Crippen LogP contribution is -2.35. The van der Waals surface area contributed by atoms with E-state index < -0.39 is 23.0 Å². The molecule has 2 aromatic rings. The molecule has 1 saturated carbocycles. The Morgan fingerprint density at radius 1 is 1.02 bits per heavy atom. The number of aliphatic imine (C=N–C) groups is 1. The van der Waals surface area contributed by atoms with Crippen LogP contribution < -0.4 is 14.2 Å². The Hall–Kier alpha value is -3.80. The van der Waals surface area contributed by atoms with Crippen LogP contribution in [-0.2, 0) is 4.79 Å². The van der Waals surface area contributed by atoms with Gasteiger partial charge in [-0.25, -0.2) is 0 Å². The first-order valence-electron chi connectivity index (χ1n) is 13.4. The van der Waals surface area contributed by atoms with Crippen molar-refractivity contribution in [2.45, 2.75) is 51.1 Å². The van der Waals surface area contributed by atoms with Gasteiger partial charge in [-0.3, -0.25) is 10.2 Å². The molecule has 216 valence electrons. The number of carbonyl (C=O) groups is 1. The van der Waals surface area contributed by atoms with E-state index in [1.54, 1.807) is 18.2 Å². The number of hydrogen-bond donors (Lipinski definition) is 1. The van der Waals surface area contributed by atoms with Crippen molar-refractivity contribution in [2.75, 3.05) is 19.8 Å². The van der Waals surface area contributed by atoms with Crippen LogP contribution in [0.15, 0.2) is 58.1 Å². The third-order valence-corrected chi connectivity index (χ3v) is 7.80. The van der Waals surface area contributed by atoms with E-state index in [1.165, 1.54) is 43.7 Å². The lowest BCUT2D eigenvalue weighted by Gasteiger charge is -2.22. The summed E-state index contributed by atoms with van der Waals surface area (Å²) in [6.45, 7) is 2.74. The molecule has 2 aliphatic heterocycles. The minimum Gasteiger partial charge on any atom is -0.490 e. The topological polar surface area (TPSA) is 96.6 Å². The summed E-state index contributed by atoms with van der Waals surface area (Å²) in [6, 6.07) is 13.2. The number of halogens is 3. The number of rotatable bonds is 9. The third kappa shape index (κ3) is 6.75. The molecule has 0 bridgehead atoms. The summed E-state index contributed by atoms with van der Waals surface area (Å²) in [7, 11) is 0. The fourth-order valence-corrected chi connectivity index (χ4v) is 5.62. The molecule has 12 heteroatoms. The number of amides is 1. The van der Waals surface area contributed by atoms with Gasteiger partial charge in [0, 0.05) is 0 Å². The number of carbonyl (C=O) groups excluding carboxylic acids is 1. The molecule has 0 radical (unpaired) electrons. The molecule has 0 spiro atoms. The van der Waals surface area contributed by atoms with Crippen LogP contribution in [0.3, 0.4) is 0 Å². The molecule has 3 aliphatic rings. The molecule has 0 atom stereocenters. The van der Waals surface area contributed by atoms with Crippen LogP contribution in [0.25, 0.3) is 6.08 Å². The molecule has 0 saturated heterocycles. The maximum absolute atomic E-state index is 13.1. The first-order valence-corrected chi connectivity index (χ1v) is 14.2. The highest BCUT2D eigenvalue weighted by Gasteiger charge is 2.46. The highest BCUT2D eigenvalue weighted by molar-refractivity contribution is 8.27. The van der Waals surface area contributed by atoms with E-state index in [9.17, 15) is 18.0 Å². The number of benzene rings is 2. The number of nitrogens with zero attached hydrogens (tertiary/aromatic N) is 3. The molecule has 2 aromatic carbocycles.